The number of rotatable bonds is 19. The number of allylic oxidation sites excluding steroid dienone is 1. The summed E-state index contributed by atoms with van der Waals surface area (Å²) in [5, 5.41) is 0. The molecule has 204 valence electrons. The van der Waals surface area contributed by atoms with Crippen LogP contribution in [0.2, 0.25) is 0 Å². The van der Waals surface area contributed by atoms with Crippen molar-refractivity contribution < 1.29 is 27.4 Å². The molecule has 1 aromatic carbocycles. The van der Waals surface area contributed by atoms with Crippen molar-refractivity contribution in [2.24, 2.45) is 17.8 Å². The van der Waals surface area contributed by atoms with E-state index in [1.807, 2.05) is 43.3 Å². The van der Waals surface area contributed by atoms with E-state index in [9.17, 15) is 13.6 Å². The van der Waals surface area contributed by atoms with Crippen molar-refractivity contribution in [3.05, 3.63) is 48.0 Å². The Morgan fingerprint density at radius 1 is 1.14 bits per heavy atom. The van der Waals surface area contributed by atoms with Gasteiger partial charge in [0.15, 0.2) is 0 Å². The molecule has 7 atom stereocenters. The van der Waals surface area contributed by atoms with Crippen LogP contribution in [0.4, 0.5) is 8.78 Å². The second-order valence-electron chi connectivity index (χ2n) is 9.93. The number of unbranched alkanes of at least 4 members (excludes halogenated alkanes) is 4. The zero-order valence-electron chi connectivity index (χ0n) is 23.6. The number of hydrogen-bond donors (Lipinski definition) is 0. The van der Waals surface area contributed by atoms with E-state index in [-0.39, 0.29) is 36.4 Å². The quantitative estimate of drug-likeness (QED) is 0.0759. The first-order chi connectivity index (χ1) is 18.3. The molecule has 1 aliphatic carbocycles. The molecule has 2 rings (SSSR count). The molecule has 1 aromatic rings. The van der Waals surface area contributed by atoms with Gasteiger partial charge in [0.25, 0.3) is 5.92 Å². The fourth-order valence-corrected chi connectivity index (χ4v) is 5.41. The fourth-order valence-electron chi connectivity index (χ4n) is 4.88. The number of carbonyl (C=O) groups excluding carboxylic acids is 1. The summed E-state index contributed by atoms with van der Waals surface area (Å²) in [5.41, 5.74) is 0.971. The van der Waals surface area contributed by atoms with Crippen molar-refractivity contribution in [1.29, 1.82) is 2.56 Å². The predicted molar refractivity (Wildman–Crippen MR) is 147 cm³/mol. The van der Waals surface area contributed by atoms with Crippen LogP contribution in [-0.4, -0.2) is 26.7 Å². The molecule has 1 fully saturated rings. The number of alkyl halides is 2. The van der Waals surface area contributed by atoms with E-state index in [1.54, 1.807) is 13.0 Å². The van der Waals surface area contributed by atoms with Crippen LogP contribution in [0.15, 0.2) is 42.5 Å². The van der Waals surface area contributed by atoms with Crippen LogP contribution in [0.25, 0.3) is 0 Å². The van der Waals surface area contributed by atoms with Crippen LogP contribution in [0.3, 0.4) is 0 Å². The minimum Gasteiger partial charge on any atom is -0.461 e. The van der Waals surface area contributed by atoms with E-state index in [1.165, 1.54) is 0 Å². The Balaban J connectivity index is 1.85. The van der Waals surface area contributed by atoms with Gasteiger partial charge in [-0.3, -0.25) is 4.79 Å². The summed E-state index contributed by atoms with van der Waals surface area (Å²) in [6, 6.07) is 9.61. The summed E-state index contributed by atoms with van der Waals surface area (Å²) in [4.78, 5) is 12.0. The maximum atomic E-state index is 14.5. The first-order valence-electron chi connectivity index (χ1n) is 14.2. The molecular formula is C28H44F2O4P2. The normalized spacial score (nSPS) is 24.7. The Hall–Kier alpha value is -0.930. The Bertz CT molecular complexity index is 819. The molecule has 0 heterocycles. The van der Waals surface area contributed by atoms with Crippen LogP contribution >= 0.6 is 18.8 Å². The Kier molecular flexibility index (Phi) is 13.1. The van der Waals surface area contributed by atoms with E-state index in [0.717, 1.165) is 44.1 Å². The zero-order valence-corrected chi connectivity index (χ0v) is 23.6. The van der Waals surface area contributed by atoms with Crippen LogP contribution in [0, 0.1) is 17.8 Å². The van der Waals surface area contributed by atoms with Gasteiger partial charge in [-0.15, -0.1) is 0 Å². The molecule has 36 heavy (non-hydrogen) atoms. The summed E-state index contributed by atoms with van der Waals surface area (Å²) < 4.78 is 61.0. The second-order valence-corrected chi connectivity index (χ2v) is 10.4. The molecule has 1 saturated carbocycles. The third kappa shape index (κ3) is 10.4. The van der Waals surface area contributed by atoms with Crippen molar-refractivity contribution in [1.82, 2.24) is 0 Å². The lowest BCUT2D eigenvalue weighted by atomic mass is 9.86. The van der Waals surface area contributed by atoms with Crippen molar-refractivity contribution >= 4 is 24.8 Å². The van der Waals surface area contributed by atoms with E-state index in [2.05, 4.69) is 0 Å². The topological polar surface area (TPSA) is 44.8 Å². The number of esters is 1. The molecule has 4 nitrogen and oxygen atoms in total. The highest BCUT2D eigenvalue weighted by Crippen LogP contribution is 2.42. The lowest BCUT2D eigenvalue weighted by molar-refractivity contribution is -0.145. The maximum absolute atomic E-state index is 14.5. The third-order valence-electron chi connectivity index (χ3n) is 7.23. The van der Waals surface area contributed by atoms with Gasteiger partial charge in [0, 0.05) is 49.9 Å². The number of halogens is 2. The molecule has 0 saturated heterocycles. The van der Waals surface area contributed by atoms with Crippen molar-refractivity contribution in [2.45, 2.75) is 103 Å². The fraction of sp³-hybridized carbons (Fsp3) is 0.679. The molecule has 0 radical (unpaired) electrons. The molecule has 8 heteroatoms. The van der Waals surface area contributed by atoms with E-state index >= 15 is 0 Å². The molecule has 0 aromatic heterocycles. The second kappa shape index (κ2) is 16.8. The standard InChI is InChI=1S/C28H44F2O4P2/c1-3-4-18-28(29,30)21(2)16-17-24-23(25(33-35)19-26(24)34-36)14-10-5-6-11-15-27(31)32-20-22-12-8-7-9-13-22/h7-9,12-13,16-17,21,23-26H,3-6,10-11,14-15,18-20,35-36H2,1-2H3/b17-16+/t21?,23?,24-,25+,26-/m1/s1/i35T,36T/t21?,23?,24-,25+,26-,35?,36?. The monoisotopic (exact) mass is 548 g/mol. The van der Waals surface area contributed by atoms with Crippen LogP contribution in [-0.2, 0) is 25.2 Å². The van der Waals surface area contributed by atoms with Gasteiger partial charge in [0.05, 0.1) is 14.8 Å². The van der Waals surface area contributed by atoms with Crippen molar-refractivity contribution in [3.63, 3.8) is 0 Å². The predicted octanol–water partition coefficient (Wildman–Crippen LogP) is 8.07. The summed E-state index contributed by atoms with van der Waals surface area (Å²) in [5.74, 6) is -3.90. The Labute approximate surface area is 223 Å². The molecule has 0 amide bonds. The van der Waals surface area contributed by atoms with Gasteiger partial charge in [-0.1, -0.05) is 82.0 Å². The smallest absolute Gasteiger partial charge is 0.306 e. The van der Waals surface area contributed by atoms with Crippen LogP contribution in [0.5, 0.6) is 0 Å². The third-order valence-corrected chi connectivity index (χ3v) is 7.84. The summed E-state index contributed by atoms with van der Waals surface area (Å²) >= 11 is 0. The van der Waals surface area contributed by atoms with Gasteiger partial charge in [-0.05, 0) is 30.7 Å². The van der Waals surface area contributed by atoms with E-state index in [0.29, 0.717) is 25.9 Å². The lowest BCUT2D eigenvalue weighted by Crippen LogP contribution is -2.26. The van der Waals surface area contributed by atoms with E-state index < -0.39 is 30.7 Å². The molecular weight excluding hydrogens is 500 g/mol. The summed E-state index contributed by atoms with van der Waals surface area (Å²) in [6.45, 7) is 3.76. The minimum atomic E-state index is -2.76. The Morgan fingerprint density at radius 2 is 1.86 bits per heavy atom. The molecule has 0 bridgehead atoms. The lowest BCUT2D eigenvalue weighted by Gasteiger charge is -2.25. The van der Waals surface area contributed by atoms with Gasteiger partial charge in [0.1, 0.15) is 6.61 Å². The highest BCUT2D eigenvalue weighted by atomic mass is 31.0. The number of carbonyl (C=O) groups is 1. The zero-order chi connectivity index (χ0) is 27.8. The maximum Gasteiger partial charge on any atom is 0.306 e. The van der Waals surface area contributed by atoms with Gasteiger partial charge in [0.2, 0.25) is 0 Å². The van der Waals surface area contributed by atoms with Gasteiger partial charge >= 0.3 is 5.97 Å². The molecule has 4 unspecified atom stereocenters. The van der Waals surface area contributed by atoms with Crippen LogP contribution < -0.4 is 0 Å². The highest BCUT2D eigenvalue weighted by Gasteiger charge is 2.42. The first kappa shape index (κ1) is 28.1. The Morgan fingerprint density at radius 3 is 2.58 bits per heavy atom. The molecule has 0 N–H and O–H groups in total. The van der Waals surface area contributed by atoms with E-state index in [4.69, 9.17) is 16.3 Å². The summed E-state index contributed by atoms with van der Waals surface area (Å²) in [7, 11) is -0.846. The average Bonchev–Trinajstić information content (AvgIpc) is 3.23. The van der Waals surface area contributed by atoms with Gasteiger partial charge in [-0.25, -0.2) is 8.78 Å². The molecule has 1 aliphatic rings. The number of ether oxygens (including phenoxy) is 1. The molecule has 0 spiro atoms. The number of benzene rings is 1. The SMILES string of the molecule is [3H]PO[C@H]1C[C@@H](OP[3H])[C@H](/C=C/C(C)C(F)(F)CCCC)C1CCCCCCC(=O)OCc1ccccc1. The number of hydrogen-bond acceptors (Lipinski definition) is 4. The summed E-state index contributed by atoms with van der Waals surface area (Å²) in [6.07, 6.45) is 9.43. The van der Waals surface area contributed by atoms with Gasteiger partial charge in [-0.2, -0.15) is 0 Å². The molecule has 0 aliphatic heterocycles. The minimum absolute atomic E-state index is 0.0535. The van der Waals surface area contributed by atoms with Crippen molar-refractivity contribution in [2.75, 3.05) is 0 Å². The van der Waals surface area contributed by atoms with Crippen molar-refractivity contribution in [3.8, 4) is 0 Å². The largest absolute Gasteiger partial charge is 0.461 e. The first-order valence-corrected chi connectivity index (χ1v) is 14.0. The van der Waals surface area contributed by atoms with Crippen LogP contribution in [0.1, 0.15) is 83.6 Å². The highest BCUT2D eigenvalue weighted by molar-refractivity contribution is 7.10. The average molecular weight is 549 g/mol. The van der Waals surface area contributed by atoms with Gasteiger partial charge < -0.3 is 13.8 Å².